The van der Waals surface area contributed by atoms with Crippen molar-refractivity contribution in [3.63, 3.8) is 0 Å². The molecule has 3 aromatic rings. The van der Waals surface area contributed by atoms with Crippen LogP contribution in [0.1, 0.15) is 249 Å². The Morgan fingerprint density at radius 3 is 0.812 bits per heavy atom. The third-order valence-corrected chi connectivity index (χ3v) is 10.4. The molecular formula is C67H110W2. The van der Waals surface area contributed by atoms with E-state index in [1.54, 1.807) is 0 Å². The molecule has 0 saturated carbocycles. The third-order valence-electron chi connectivity index (χ3n) is 10.4. The molecule has 0 heterocycles. The first kappa shape index (κ1) is 75.9. The third kappa shape index (κ3) is 36.5. The van der Waals surface area contributed by atoms with Crippen LogP contribution in [0, 0.1) is 46.5 Å². The van der Waals surface area contributed by atoms with E-state index in [2.05, 4.69) is 299 Å². The Labute approximate surface area is 462 Å². The second kappa shape index (κ2) is 29.6. The fraction of sp³-hybridized carbons (Fsp3) is 0.612. The van der Waals surface area contributed by atoms with Crippen LogP contribution in [0.3, 0.4) is 0 Å². The van der Waals surface area contributed by atoms with Crippen LogP contribution >= 0.6 is 0 Å². The molecule has 0 fully saturated rings. The van der Waals surface area contributed by atoms with Gasteiger partial charge in [-0.05, 0) is 65.9 Å². The summed E-state index contributed by atoms with van der Waals surface area (Å²) in [5.74, 6) is 0. The Hall–Kier alpha value is -2.00. The van der Waals surface area contributed by atoms with Gasteiger partial charge in [-0.3, -0.25) is 0 Å². The number of benzene rings is 3. The van der Waals surface area contributed by atoms with E-state index in [0.29, 0.717) is 0 Å². The molecule has 3 rings (SSSR count). The van der Waals surface area contributed by atoms with Crippen molar-refractivity contribution in [3.8, 4) is 0 Å². The Kier molecular flexibility index (Phi) is 32.6. The van der Waals surface area contributed by atoms with Crippen molar-refractivity contribution < 1.29 is 42.1 Å². The van der Waals surface area contributed by atoms with Gasteiger partial charge in [0.05, 0.1) is 0 Å². The molecule has 0 bridgehead atoms. The minimum Gasteiger partial charge on any atom is -0.390 e. The summed E-state index contributed by atoms with van der Waals surface area (Å²) < 4.78 is 0. The Balaban J connectivity index is -0.000000245. The second-order valence-corrected chi connectivity index (χ2v) is 28.6. The summed E-state index contributed by atoms with van der Waals surface area (Å²) in [4.78, 5) is 0. The molecule has 0 aliphatic carbocycles. The molecular weight excluding hydrogens is 1170 g/mol. The first-order valence-corrected chi connectivity index (χ1v) is 24.7. The Bertz CT molecular complexity index is 1820. The first-order valence-electron chi connectivity index (χ1n) is 24.7. The summed E-state index contributed by atoms with van der Waals surface area (Å²) in [5, 5.41) is 0. The van der Waals surface area contributed by atoms with Crippen LogP contribution in [0.2, 0.25) is 0 Å². The van der Waals surface area contributed by atoms with Crippen molar-refractivity contribution in [1.29, 1.82) is 0 Å². The largest absolute Gasteiger partial charge is 2.00 e. The first-order chi connectivity index (χ1) is 29.0. The van der Waals surface area contributed by atoms with Crippen molar-refractivity contribution >= 4 is 0 Å². The zero-order valence-corrected chi connectivity index (χ0v) is 55.9. The van der Waals surface area contributed by atoms with Gasteiger partial charge >= 0.3 is 42.1 Å². The summed E-state index contributed by atoms with van der Waals surface area (Å²) >= 11 is 0. The summed E-state index contributed by atoms with van der Waals surface area (Å²) in [6, 6.07) is 26.7. The molecule has 0 amide bonds. The fourth-order valence-corrected chi connectivity index (χ4v) is 5.81. The van der Waals surface area contributed by atoms with Gasteiger partial charge < -0.3 is 48.6 Å². The maximum Gasteiger partial charge on any atom is 2.00 e. The minimum absolute atomic E-state index is 0. The van der Waals surface area contributed by atoms with Crippen molar-refractivity contribution in [3.05, 3.63) is 155 Å². The molecule has 0 atom stereocenters. The Morgan fingerprint density at radius 1 is 0.348 bits per heavy atom. The van der Waals surface area contributed by atoms with Crippen LogP contribution in [-0.4, -0.2) is 0 Å². The van der Waals surface area contributed by atoms with Gasteiger partial charge in [0.2, 0.25) is 0 Å². The van der Waals surface area contributed by atoms with E-state index in [9.17, 15) is 0 Å². The van der Waals surface area contributed by atoms with E-state index in [1.807, 2.05) is 18.2 Å². The molecule has 0 aromatic heterocycles. The molecule has 390 valence electrons. The molecule has 0 saturated heterocycles. The monoisotopic (exact) mass is 1280 g/mol. The van der Waals surface area contributed by atoms with Gasteiger partial charge in [0, 0.05) is 0 Å². The van der Waals surface area contributed by atoms with Crippen LogP contribution in [0.5, 0.6) is 0 Å². The van der Waals surface area contributed by atoms with E-state index < -0.39 is 0 Å². The van der Waals surface area contributed by atoms with E-state index in [4.69, 9.17) is 6.58 Å². The van der Waals surface area contributed by atoms with Crippen LogP contribution in [0.25, 0.3) is 0 Å². The van der Waals surface area contributed by atoms with Crippen molar-refractivity contribution in [1.82, 2.24) is 0 Å². The van der Waals surface area contributed by atoms with Gasteiger partial charge in [-0.25, -0.2) is 0 Å². The zero-order chi connectivity index (χ0) is 52.8. The molecule has 0 unspecified atom stereocenters. The summed E-state index contributed by atoms with van der Waals surface area (Å²) in [7, 11) is 0. The van der Waals surface area contributed by atoms with Crippen LogP contribution in [0.4, 0.5) is 0 Å². The van der Waals surface area contributed by atoms with Gasteiger partial charge in [0.25, 0.3) is 0 Å². The predicted octanol–water partition coefficient (Wildman–Crippen LogP) is 21.1. The Morgan fingerprint density at radius 2 is 0.609 bits per heavy atom. The van der Waals surface area contributed by atoms with Gasteiger partial charge in [0.15, 0.2) is 0 Å². The average molecular weight is 1280 g/mol. The van der Waals surface area contributed by atoms with Crippen LogP contribution in [0.15, 0.2) is 96.6 Å². The van der Waals surface area contributed by atoms with Crippen molar-refractivity contribution in [2.45, 2.75) is 248 Å². The zero-order valence-electron chi connectivity index (χ0n) is 50.1. The number of hydrogen-bond acceptors (Lipinski definition) is 0. The molecule has 0 aliphatic rings. The van der Waals surface area contributed by atoms with Crippen molar-refractivity contribution in [2.75, 3.05) is 0 Å². The normalized spacial score (nSPS) is 12.9. The second-order valence-electron chi connectivity index (χ2n) is 28.6. The van der Waals surface area contributed by atoms with E-state index in [1.165, 1.54) is 33.4 Å². The van der Waals surface area contributed by atoms with Gasteiger partial charge in [-0.1, -0.05) is 288 Å². The summed E-state index contributed by atoms with van der Waals surface area (Å²) in [5.41, 5.74) is 11.4. The van der Waals surface area contributed by atoms with Crippen LogP contribution < -0.4 is 0 Å². The molecule has 0 N–H and O–H groups in total. The van der Waals surface area contributed by atoms with E-state index >= 15 is 0 Å². The van der Waals surface area contributed by atoms with Gasteiger partial charge in [-0.15, -0.1) is 21.7 Å². The summed E-state index contributed by atoms with van der Waals surface area (Å²) in [6.07, 6.45) is 15.5. The maximum atomic E-state index is 5.86. The standard InChI is InChI=1S/3C14H22.2C12H20.CH4.2W/c1-13(2,3)11-7-9-12(10-8-11)14(4,5)6;1-13(2,3)11-8-7-9-12(10-11)14(4,5)6;1-13(2,3)11-9-7-8-10-12(11)14(4,5)6;1-10(12(5,6)7)8-9-11(2,3)4;1-11(2,3)9-7-8-10-12(4,5)6;;;/h3*7-10H,1-6H3;1,8H,2-7H3;7-8H,1-6H3;1H4;;/q;;;2*-2;;2*+2. The predicted molar refractivity (Wildman–Crippen MR) is 307 cm³/mol. The topological polar surface area (TPSA) is 0 Å². The molecule has 69 heavy (non-hydrogen) atoms. The van der Waals surface area contributed by atoms with E-state index in [-0.39, 0.29) is 104 Å². The molecule has 0 radical (unpaired) electrons. The molecule has 0 spiro atoms. The smallest absolute Gasteiger partial charge is 0.390 e. The molecule has 3 aromatic carbocycles. The summed E-state index contributed by atoms with van der Waals surface area (Å²) in [6.45, 7) is 72.0. The van der Waals surface area contributed by atoms with Gasteiger partial charge in [-0.2, -0.15) is 0 Å². The number of allylic oxidation sites excluding steroid dienone is 7. The minimum atomic E-state index is 0. The number of hydrogen-bond donors (Lipinski definition) is 0. The van der Waals surface area contributed by atoms with Crippen molar-refractivity contribution in [2.24, 2.45) is 21.7 Å². The quantitative estimate of drug-likeness (QED) is 0.177. The molecule has 2 heteroatoms. The van der Waals surface area contributed by atoms with E-state index in [0.717, 1.165) is 5.57 Å². The van der Waals surface area contributed by atoms with Gasteiger partial charge in [0.1, 0.15) is 0 Å². The molecule has 0 nitrogen and oxygen atoms in total. The molecule has 0 aliphatic heterocycles. The average Bonchev–Trinajstić information content (AvgIpc) is 3.10. The SMILES string of the molecule is C.CC(C)(C)[C-]=CC=[C-]C(C)(C)C.CC(C)(C)c1ccc(C(C)(C)C)cc1.CC(C)(C)c1cccc(C(C)(C)C)c1.CC(C)(C)c1ccccc1C(C)(C)C.[CH-]=C(C=[C-]C(C)(C)C)C(C)(C)C.[W+2].[W+2]. The fourth-order valence-electron chi connectivity index (χ4n) is 5.81. The maximum absolute atomic E-state index is 5.86. The van der Waals surface area contributed by atoms with Crippen LogP contribution in [-0.2, 0) is 74.6 Å². The number of rotatable bonds is 2.